The fourth-order valence-electron chi connectivity index (χ4n) is 3.29. The molecule has 0 atom stereocenters. The van der Waals surface area contributed by atoms with Gasteiger partial charge in [-0.1, -0.05) is 36.4 Å². The van der Waals surface area contributed by atoms with Crippen molar-refractivity contribution in [2.75, 3.05) is 32.7 Å². The first-order valence-electron chi connectivity index (χ1n) is 11.2. The van der Waals surface area contributed by atoms with Gasteiger partial charge in [-0.2, -0.15) is 5.26 Å². The van der Waals surface area contributed by atoms with E-state index in [1.54, 1.807) is 56.7 Å². The number of nitrogens with zero attached hydrogens (tertiary/aromatic N) is 1. The van der Waals surface area contributed by atoms with E-state index >= 15 is 0 Å². The molecule has 0 aliphatic heterocycles. The zero-order valence-corrected chi connectivity index (χ0v) is 20.1. The van der Waals surface area contributed by atoms with Crippen LogP contribution in [0.5, 0.6) is 17.2 Å². The van der Waals surface area contributed by atoms with Gasteiger partial charge >= 0.3 is 0 Å². The molecule has 0 radical (unpaired) electrons. The molecule has 8 heteroatoms. The summed E-state index contributed by atoms with van der Waals surface area (Å²) in [6, 6.07) is 23.3. The van der Waals surface area contributed by atoms with E-state index in [-0.39, 0.29) is 18.1 Å². The molecule has 184 valence electrons. The largest absolute Gasteiger partial charge is 0.493 e. The molecule has 0 heterocycles. The molecule has 0 saturated heterocycles. The van der Waals surface area contributed by atoms with Crippen molar-refractivity contribution in [3.63, 3.8) is 0 Å². The van der Waals surface area contributed by atoms with Crippen LogP contribution in [0.15, 0.2) is 78.4 Å². The molecule has 0 spiro atoms. The molecule has 3 aromatic carbocycles. The Bertz CT molecular complexity index is 1250. The Labute approximate surface area is 210 Å². The maximum absolute atomic E-state index is 12.5. The monoisotopic (exact) mass is 485 g/mol. The van der Waals surface area contributed by atoms with E-state index in [0.29, 0.717) is 41.5 Å². The molecule has 0 saturated carbocycles. The minimum absolute atomic E-state index is 0.0155. The molecular weight excluding hydrogens is 458 g/mol. The van der Waals surface area contributed by atoms with E-state index in [1.165, 1.54) is 6.08 Å². The van der Waals surface area contributed by atoms with Crippen LogP contribution in [0.25, 0.3) is 6.08 Å². The second-order valence-corrected chi connectivity index (χ2v) is 7.64. The van der Waals surface area contributed by atoms with E-state index in [0.717, 1.165) is 5.56 Å². The number of nitriles is 1. The molecule has 0 aliphatic rings. The second-order valence-electron chi connectivity index (χ2n) is 7.64. The average Bonchev–Trinajstić information content (AvgIpc) is 2.91. The molecule has 0 bridgehead atoms. The Balaban J connectivity index is 1.50. The van der Waals surface area contributed by atoms with Crippen LogP contribution < -0.4 is 24.8 Å². The molecule has 0 aliphatic carbocycles. The van der Waals surface area contributed by atoms with Crippen LogP contribution in [-0.2, 0) is 16.0 Å². The Morgan fingerprint density at radius 1 is 0.944 bits per heavy atom. The van der Waals surface area contributed by atoms with Gasteiger partial charge in [0.05, 0.1) is 14.2 Å². The van der Waals surface area contributed by atoms with Gasteiger partial charge < -0.3 is 24.8 Å². The quantitative estimate of drug-likeness (QED) is 0.314. The number of hydrogen-bond acceptors (Lipinski definition) is 6. The van der Waals surface area contributed by atoms with Crippen molar-refractivity contribution in [2.24, 2.45) is 0 Å². The predicted octanol–water partition coefficient (Wildman–Crippen LogP) is 3.99. The van der Waals surface area contributed by atoms with E-state index in [1.807, 2.05) is 36.4 Å². The Hall–Kier alpha value is -4.77. The summed E-state index contributed by atoms with van der Waals surface area (Å²) in [6.07, 6.45) is 2.06. The number of carbonyl (C=O) groups excluding carboxylic acids is 2. The van der Waals surface area contributed by atoms with Crippen LogP contribution in [0.2, 0.25) is 0 Å². The number of nitrogens with one attached hydrogen (secondary N) is 2. The average molecular weight is 486 g/mol. The summed E-state index contributed by atoms with van der Waals surface area (Å²) < 4.78 is 16.0. The fraction of sp³-hybridized carbons (Fsp3) is 0.179. The first kappa shape index (κ1) is 25.8. The summed E-state index contributed by atoms with van der Waals surface area (Å²) in [5.74, 6) is 1.00. The van der Waals surface area contributed by atoms with E-state index in [2.05, 4.69) is 10.6 Å². The molecular formula is C28H27N3O5. The van der Waals surface area contributed by atoms with Crippen molar-refractivity contribution >= 4 is 23.6 Å². The molecule has 0 fully saturated rings. The maximum Gasteiger partial charge on any atom is 0.262 e. The predicted molar refractivity (Wildman–Crippen MR) is 137 cm³/mol. The van der Waals surface area contributed by atoms with Gasteiger partial charge in [0.15, 0.2) is 18.1 Å². The van der Waals surface area contributed by atoms with Crippen molar-refractivity contribution < 1.29 is 23.8 Å². The number of hydrogen-bond donors (Lipinski definition) is 2. The summed E-state index contributed by atoms with van der Waals surface area (Å²) in [7, 11) is 3.13. The minimum Gasteiger partial charge on any atom is -0.493 e. The van der Waals surface area contributed by atoms with Gasteiger partial charge in [-0.3, -0.25) is 9.59 Å². The van der Waals surface area contributed by atoms with Crippen LogP contribution in [-0.4, -0.2) is 39.2 Å². The third kappa shape index (κ3) is 7.64. The van der Waals surface area contributed by atoms with Crippen molar-refractivity contribution in [2.45, 2.75) is 6.42 Å². The summed E-state index contributed by atoms with van der Waals surface area (Å²) in [6.45, 7) is 0.209. The molecule has 36 heavy (non-hydrogen) atoms. The lowest BCUT2D eigenvalue weighted by Crippen LogP contribution is -2.26. The highest BCUT2D eigenvalue weighted by Crippen LogP contribution is 2.27. The molecule has 8 nitrogen and oxygen atoms in total. The van der Waals surface area contributed by atoms with Crippen molar-refractivity contribution in [3.8, 4) is 23.3 Å². The topological polar surface area (TPSA) is 110 Å². The molecule has 2 N–H and O–H groups in total. The Kier molecular flexibility index (Phi) is 9.48. The van der Waals surface area contributed by atoms with Gasteiger partial charge in [-0.05, 0) is 60.0 Å². The van der Waals surface area contributed by atoms with Crippen molar-refractivity contribution in [1.82, 2.24) is 5.32 Å². The Morgan fingerprint density at radius 2 is 1.67 bits per heavy atom. The zero-order valence-electron chi connectivity index (χ0n) is 20.1. The molecule has 3 aromatic rings. The number of benzene rings is 3. The van der Waals surface area contributed by atoms with Gasteiger partial charge in [-0.15, -0.1) is 0 Å². The van der Waals surface area contributed by atoms with Crippen LogP contribution in [0.3, 0.4) is 0 Å². The third-order valence-electron chi connectivity index (χ3n) is 5.13. The highest BCUT2D eigenvalue weighted by atomic mass is 16.5. The third-order valence-corrected chi connectivity index (χ3v) is 5.13. The van der Waals surface area contributed by atoms with Gasteiger partial charge in [0.25, 0.3) is 11.8 Å². The lowest BCUT2D eigenvalue weighted by atomic mass is 10.1. The number of ether oxygens (including phenoxy) is 3. The molecule has 0 unspecified atom stereocenters. The summed E-state index contributed by atoms with van der Waals surface area (Å²) >= 11 is 0. The first-order chi connectivity index (χ1) is 17.5. The van der Waals surface area contributed by atoms with Crippen LogP contribution in [0.4, 0.5) is 5.69 Å². The van der Waals surface area contributed by atoms with Gasteiger partial charge in [0, 0.05) is 12.2 Å². The standard InChI is InChI=1S/C28H27N3O5/c1-34-25-13-10-21(17-26(25)35-2)14-15-30-28(33)22(18-29)16-20-8-11-24(12-9-20)36-19-27(32)31-23-6-4-3-5-7-23/h3-13,16-17H,14-15,19H2,1-2H3,(H,30,33)(H,31,32)/b22-16+. The maximum atomic E-state index is 12.5. The number of amides is 2. The smallest absolute Gasteiger partial charge is 0.262 e. The Morgan fingerprint density at radius 3 is 2.33 bits per heavy atom. The molecule has 3 rings (SSSR count). The van der Waals surface area contributed by atoms with E-state index < -0.39 is 5.91 Å². The number of methoxy groups -OCH3 is 2. The lowest BCUT2D eigenvalue weighted by molar-refractivity contribution is -0.118. The summed E-state index contributed by atoms with van der Waals surface area (Å²) in [4.78, 5) is 24.5. The highest BCUT2D eigenvalue weighted by molar-refractivity contribution is 6.01. The normalized spacial score (nSPS) is 10.6. The lowest BCUT2D eigenvalue weighted by Gasteiger charge is -2.10. The number of para-hydroxylation sites is 1. The first-order valence-corrected chi connectivity index (χ1v) is 11.2. The number of rotatable bonds is 11. The van der Waals surface area contributed by atoms with Gasteiger partial charge in [-0.25, -0.2) is 0 Å². The van der Waals surface area contributed by atoms with Gasteiger partial charge in [0.1, 0.15) is 17.4 Å². The van der Waals surface area contributed by atoms with E-state index in [4.69, 9.17) is 14.2 Å². The fourth-order valence-corrected chi connectivity index (χ4v) is 3.29. The highest BCUT2D eigenvalue weighted by Gasteiger charge is 2.10. The summed E-state index contributed by atoms with van der Waals surface area (Å²) in [5.41, 5.74) is 2.29. The minimum atomic E-state index is -0.462. The zero-order chi connectivity index (χ0) is 25.8. The number of anilines is 1. The van der Waals surface area contributed by atoms with E-state index in [9.17, 15) is 14.9 Å². The van der Waals surface area contributed by atoms with Crippen LogP contribution >= 0.6 is 0 Å². The van der Waals surface area contributed by atoms with Crippen molar-refractivity contribution in [3.05, 3.63) is 89.5 Å². The van der Waals surface area contributed by atoms with Crippen LogP contribution in [0, 0.1) is 11.3 Å². The molecule has 2 amide bonds. The SMILES string of the molecule is COc1ccc(CCNC(=O)/C(C#N)=C/c2ccc(OCC(=O)Nc3ccccc3)cc2)cc1OC. The number of carbonyl (C=O) groups is 2. The summed E-state index contributed by atoms with van der Waals surface area (Å²) in [5, 5.41) is 14.9. The van der Waals surface area contributed by atoms with Crippen LogP contribution in [0.1, 0.15) is 11.1 Å². The molecule has 0 aromatic heterocycles. The van der Waals surface area contributed by atoms with Crippen molar-refractivity contribution in [1.29, 1.82) is 5.26 Å². The van der Waals surface area contributed by atoms with Gasteiger partial charge in [0.2, 0.25) is 0 Å². The second kappa shape index (κ2) is 13.2.